The van der Waals surface area contributed by atoms with Crippen molar-refractivity contribution in [2.45, 2.75) is 12.5 Å². The van der Waals surface area contributed by atoms with Crippen molar-refractivity contribution in [2.75, 3.05) is 30.3 Å². The van der Waals surface area contributed by atoms with Crippen molar-refractivity contribution in [2.24, 2.45) is 0 Å². The van der Waals surface area contributed by atoms with Crippen LogP contribution in [0, 0.1) is 5.82 Å². The van der Waals surface area contributed by atoms with Gasteiger partial charge in [0.05, 0.1) is 11.7 Å². The molecular formula is C15H16FN3O3S. The Morgan fingerprint density at radius 3 is 2.78 bits per heavy atom. The first-order chi connectivity index (χ1) is 11.1. The summed E-state index contributed by atoms with van der Waals surface area (Å²) < 4.78 is 13.8. The predicted octanol–water partition coefficient (Wildman–Crippen LogP) is 1.22. The molecule has 1 aromatic carbocycles. The van der Waals surface area contributed by atoms with E-state index >= 15 is 0 Å². The summed E-state index contributed by atoms with van der Waals surface area (Å²) in [5.74, 6) is -0.136. The minimum atomic E-state index is -0.472. The molecule has 0 spiro atoms. The maximum absolute atomic E-state index is 13.8. The van der Waals surface area contributed by atoms with Crippen LogP contribution >= 0.6 is 11.8 Å². The number of thioether (sulfide) groups is 1. The molecule has 3 amide bonds. The van der Waals surface area contributed by atoms with Crippen molar-refractivity contribution in [3.05, 3.63) is 30.1 Å². The van der Waals surface area contributed by atoms with E-state index in [4.69, 9.17) is 0 Å². The molecule has 8 heteroatoms. The van der Waals surface area contributed by atoms with Gasteiger partial charge in [-0.15, -0.1) is 0 Å². The molecule has 1 atom stereocenters. The number of rotatable bonds is 4. The maximum atomic E-state index is 13.8. The van der Waals surface area contributed by atoms with Gasteiger partial charge in [0.1, 0.15) is 12.4 Å². The summed E-state index contributed by atoms with van der Waals surface area (Å²) in [6.07, 6.45) is 0.616. The Hall–Kier alpha value is -2.09. The predicted molar refractivity (Wildman–Crippen MR) is 84.7 cm³/mol. The number of urea groups is 1. The van der Waals surface area contributed by atoms with Crippen LogP contribution < -0.4 is 10.2 Å². The average molecular weight is 337 g/mol. The second kappa shape index (κ2) is 6.57. The molecule has 2 saturated heterocycles. The van der Waals surface area contributed by atoms with E-state index in [1.54, 1.807) is 12.1 Å². The van der Waals surface area contributed by atoms with Crippen LogP contribution in [0.2, 0.25) is 0 Å². The highest BCUT2D eigenvalue weighted by Crippen LogP contribution is 2.23. The molecule has 0 radical (unpaired) electrons. The Bertz CT molecular complexity index is 655. The lowest BCUT2D eigenvalue weighted by molar-refractivity contribution is -0.124. The number of para-hydroxylation sites is 1. The standard InChI is InChI=1S/C15H16FN3O3S/c16-10-3-1-2-4-12(10)19-7-6-18(15(19)22)9-13(20)17-11-5-8-23-14(11)21/h1-4,11H,5-9H2,(H,17,20). The molecule has 2 fully saturated rings. The smallest absolute Gasteiger partial charge is 0.325 e. The Morgan fingerprint density at radius 2 is 2.09 bits per heavy atom. The lowest BCUT2D eigenvalue weighted by atomic mass is 10.2. The number of amides is 3. The number of halogens is 1. The van der Waals surface area contributed by atoms with Gasteiger partial charge in [0.15, 0.2) is 0 Å². The monoisotopic (exact) mass is 337 g/mol. The first kappa shape index (κ1) is 15.8. The SMILES string of the molecule is O=C(CN1CCN(c2ccccc2F)C1=O)NC1CCSC1=O. The van der Waals surface area contributed by atoms with Crippen LogP contribution in [0.4, 0.5) is 14.9 Å². The third-order valence-corrected chi connectivity index (χ3v) is 4.85. The van der Waals surface area contributed by atoms with Gasteiger partial charge in [-0.2, -0.15) is 0 Å². The summed E-state index contributed by atoms with van der Waals surface area (Å²) in [6, 6.07) is 5.17. The van der Waals surface area contributed by atoms with E-state index in [0.29, 0.717) is 25.3 Å². The molecule has 122 valence electrons. The first-order valence-corrected chi connectivity index (χ1v) is 8.32. The molecule has 23 heavy (non-hydrogen) atoms. The van der Waals surface area contributed by atoms with Crippen molar-refractivity contribution >= 4 is 34.5 Å². The van der Waals surface area contributed by atoms with E-state index in [1.807, 2.05) is 0 Å². The normalized spacial score (nSPS) is 21.2. The van der Waals surface area contributed by atoms with Gasteiger partial charge < -0.3 is 10.2 Å². The Balaban J connectivity index is 1.60. The quantitative estimate of drug-likeness (QED) is 0.897. The Labute approximate surface area is 137 Å². The molecule has 1 aromatic rings. The number of benzene rings is 1. The van der Waals surface area contributed by atoms with Gasteiger partial charge in [-0.05, 0) is 18.6 Å². The van der Waals surface area contributed by atoms with E-state index in [2.05, 4.69) is 5.32 Å². The van der Waals surface area contributed by atoms with Gasteiger partial charge in [0, 0.05) is 18.8 Å². The zero-order valence-electron chi connectivity index (χ0n) is 12.3. The van der Waals surface area contributed by atoms with Crippen LogP contribution in [-0.2, 0) is 9.59 Å². The molecule has 1 N–H and O–H groups in total. The fraction of sp³-hybridized carbons (Fsp3) is 0.400. The highest BCUT2D eigenvalue weighted by molar-refractivity contribution is 8.14. The van der Waals surface area contributed by atoms with E-state index in [0.717, 1.165) is 0 Å². The van der Waals surface area contributed by atoms with Crippen molar-refractivity contribution in [1.82, 2.24) is 10.2 Å². The second-order valence-corrected chi connectivity index (χ2v) is 6.48. The molecular weight excluding hydrogens is 321 g/mol. The van der Waals surface area contributed by atoms with Crippen molar-refractivity contribution in [3.63, 3.8) is 0 Å². The molecule has 0 aromatic heterocycles. The van der Waals surface area contributed by atoms with E-state index in [9.17, 15) is 18.8 Å². The van der Waals surface area contributed by atoms with Crippen molar-refractivity contribution in [1.29, 1.82) is 0 Å². The fourth-order valence-electron chi connectivity index (χ4n) is 2.66. The van der Waals surface area contributed by atoms with Gasteiger partial charge in [0.25, 0.3) is 0 Å². The molecule has 6 nitrogen and oxygen atoms in total. The molecule has 2 aliphatic heterocycles. The van der Waals surface area contributed by atoms with Crippen LogP contribution in [0.15, 0.2) is 24.3 Å². The third kappa shape index (κ3) is 3.31. The van der Waals surface area contributed by atoms with Crippen LogP contribution in [0.25, 0.3) is 0 Å². The minimum Gasteiger partial charge on any atom is -0.344 e. The Morgan fingerprint density at radius 1 is 1.30 bits per heavy atom. The molecule has 0 bridgehead atoms. The number of nitrogens with one attached hydrogen (secondary N) is 1. The van der Waals surface area contributed by atoms with Crippen LogP contribution in [0.5, 0.6) is 0 Å². The Kier molecular flexibility index (Phi) is 4.51. The number of hydrogen-bond donors (Lipinski definition) is 1. The van der Waals surface area contributed by atoms with Gasteiger partial charge in [-0.25, -0.2) is 9.18 Å². The van der Waals surface area contributed by atoms with Gasteiger partial charge in [-0.3, -0.25) is 14.5 Å². The van der Waals surface area contributed by atoms with Crippen LogP contribution in [0.3, 0.4) is 0 Å². The van der Waals surface area contributed by atoms with Crippen LogP contribution in [-0.4, -0.2) is 53.4 Å². The lowest BCUT2D eigenvalue weighted by Crippen LogP contribution is -2.44. The molecule has 0 saturated carbocycles. The highest BCUT2D eigenvalue weighted by Gasteiger charge is 2.33. The number of nitrogens with zero attached hydrogens (tertiary/aromatic N) is 2. The summed E-state index contributed by atoms with van der Waals surface area (Å²) in [5, 5.41) is 2.60. The largest absolute Gasteiger partial charge is 0.344 e. The zero-order chi connectivity index (χ0) is 16.4. The van der Waals surface area contributed by atoms with Gasteiger partial charge in [-0.1, -0.05) is 23.9 Å². The number of carbonyl (C=O) groups excluding carboxylic acids is 3. The molecule has 3 rings (SSSR count). The van der Waals surface area contributed by atoms with E-state index in [-0.39, 0.29) is 23.3 Å². The molecule has 1 unspecified atom stereocenters. The second-order valence-electron chi connectivity index (χ2n) is 5.38. The van der Waals surface area contributed by atoms with Crippen molar-refractivity contribution < 1.29 is 18.8 Å². The topological polar surface area (TPSA) is 69.7 Å². The third-order valence-electron chi connectivity index (χ3n) is 3.84. The molecule has 0 aliphatic carbocycles. The van der Waals surface area contributed by atoms with E-state index < -0.39 is 17.9 Å². The number of hydrogen-bond acceptors (Lipinski definition) is 4. The summed E-state index contributed by atoms with van der Waals surface area (Å²) >= 11 is 1.21. The highest BCUT2D eigenvalue weighted by atomic mass is 32.2. The minimum absolute atomic E-state index is 0.0425. The van der Waals surface area contributed by atoms with Crippen molar-refractivity contribution in [3.8, 4) is 0 Å². The summed E-state index contributed by atoms with van der Waals surface area (Å²) in [4.78, 5) is 38.5. The summed E-state index contributed by atoms with van der Waals surface area (Å²) in [7, 11) is 0. The van der Waals surface area contributed by atoms with E-state index in [1.165, 1.54) is 33.7 Å². The maximum Gasteiger partial charge on any atom is 0.325 e. The molecule has 2 aliphatic rings. The van der Waals surface area contributed by atoms with Gasteiger partial charge in [0.2, 0.25) is 11.0 Å². The fourth-order valence-corrected chi connectivity index (χ4v) is 3.60. The lowest BCUT2D eigenvalue weighted by Gasteiger charge is -2.19. The first-order valence-electron chi connectivity index (χ1n) is 7.33. The number of anilines is 1. The van der Waals surface area contributed by atoms with Crippen LogP contribution in [0.1, 0.15) is 6.42 Å². The zero-order valence-corrected chi connectivity index (χ0v) is 13.1. The number of carbonyl (C=O) groups is 3. The summed E-state index contributed by atoms with van der Waals surface area (Å²) in [6.45, 7) is 0.539. The van der Waals surface area contributed by atoms with Gasteiger partial charge >= 0.3 is 6.03 Å². The molecule has 2 heterocycles. The average Bonchev–Trinajstić information content (AvgIpc) is 3.07. The summed E-state index contributed by atoms with van der Waals surface area (Å²) in [5.41, 5.74) is 0.211.